The number of piperidine rings is 1. The summed E-state index contributed by atoms with van der Waals surface area (Å²) in [7, 11) is 0. The highest BCUT2D eigenvalue weighted by atomic mass is 19.4. The van der Waals surface area contributed by atoms with E-state index in [1.54, 1.807) is 12.1 Å². The van der Waals surface area contributed by atoms with E-state index in [0.29, 0.717) is 0 Å². The van der Waals surface area contributed by atoms with Gasteiger partial charge >= 0.3 is 6.18 Å². The molecule has 21 heavy (non-hydrogen) atoms. The van der Waals surface area contributed by atoms with Crippen molar-refractivity contribution in [2.75, 3.05) is 13.1 Å². The maximum Gasteiger partial charge on any atom is 0.417 e. The van der Waals surface area contributed by atoms with Gasteiger partial charge in [0.05, 0.1) is 17.2 Å². The monoisotopic (exact) mass is 298 g/mol. The smallest absolute Gasteiger partial charge is 0.380 e. The Labute approximate surface area is 119 Å². The summed E-state index contributed by atoms with van der Waals surface area (Å²) in [4.78, 5) is 13.5. The molecule has 1 saturated heterocycles. The summed E-state index contributed by atoms with van der Waals surface area (Å²) in [5, 5.41) is 18.5. The van der Waals surface area contributed by atoms with Gasteiger partial charge in [-0.3, -0.25) is 4.79 Å². The van der Waals surface area contributed by atoms with Gasteiger partial charge in [0, 0.05) is 25.9 Å². The number of amides is 1. The summed E-state index contributed by atoms with van der Waals surface area (Å²) in [6.07, 6.45) is -5.82. The van der Waals surface area contributed by atoms with Crippen LogP contribution in [-0.2, 0) is 0 Å². The van der Waals surface area contributed by atoms with E-state index in [-0.39, 0.29) is 24.2 Å². The first-order chi connectivity index (χ1) is 9.78. The SMILES string of the molecule is N#Cc1ccccc1C(=O)N1CCC(O)(C(F)(F)F)CC1. The number of nitrogens with zero attached hydrogens (tertiary/aromatic N) is 2. The van der Waals surface area contributed by atoms with Gasteiger partial charge in [-0.25, -0.2) is 0 Å². The second kappa shape index (κ2) is 5.37. The number of nitriles is 1. The van der Waals surface area contributed by atoms with Gasteiger partial charge in [0.1, 0.15) is 0 Å². The van der Waals surface area contributed by atoms with E-state index in [1.807, 2.05) is 6.07 Å². The van der Waals surface area contributed by atoms with Crippen LogP contribution in [0.5, 0.6) is 0 Å². The van der Waals surface area contributed by atoms with E-state index in [4.69, 9.17) is 5.26 Å². The zero-order chi connectivity index (χ0) is 15.7. The predicted octanol–water partition coefficient (Wildman–Crippen LogP) is 2.09. The van der Waals surface area contributed by atoms with Crippen molar-refractivity contribution < 1.29 is 23.1 Å². The highest BCUT2D eigenvalue weighted by Crippen LogP contribution is 2.38. The largest absolute Gasteiger partial charge is 0.417 e. The summed E-state index contributed by atoms with van der Waals surface area (Å²) in [5.41, 5.74) is -2.39. The first-order valence-electron chi connectivity index (χ1n) is 6.36. The van der Waals surface area contributed by atoms with Crippen molar-refractivity contribution >= 4 is 5.91 Å². The van der Waals surface area contributed by atoms with Crippen LogP contribution in [0.1, 0.15) is 28.8 Å². The van der Waals surface area contributed by atoms with Crippen LogP contribution in [0.25, 0.3) is 0 Å². The maximum absolute atomic E-state index is 12.7. The Bertz CT molecular complexity index is 585. The van der Waals surface area contributed by atoms with Crippen LogP contribution >= 0.6 is 0 Å². The van der Waals surface area contributed by atoms with Crippen molar-refractivity contribution in [2.45, 2.75) is 24.6 Å². The zero-order valence-electron chi connectivity index (χ0n) is 11.0. The summed E-state index contributed by atoms with van der Waals surface area (Å²) >= 11 is 0. The van der Waals surface area contributed by atoms with Crippen molar-refractivity contribution in [3.8, 4) is 6.07 Å². The fourth-order valence-corrected chi connectivity index (χ4v) is 2.30. The molecule has 0 radical (unpaired) electrons. The van der Waals surface area contributed by atoms with Crippen LogP contribution in [0, 0.1) is 11.3 Å². The van der Waals surface area contributed by atoms with Gasteiger partial charge in [-0.1, -0.05) is 12.1 Å². The Morgan fingerprint density at radius 3 is 2.38 bits per heavy atom. The van der Waals surface area contributed by atoms with E-state index in [1.165, 1.54) is 17.0 Å². The van der Waals surface area contributed by atoms with Gasteiger partial charge in [-0.2, -0.15) is 18.4 Å². The molecule has 1 N–H and O–H groups in total. The van der Waals surface area contributed by atoms with E-state index >= 15 is 0 Å². The van der Waals surface area contributed by atoms with Crippen LogP contribution in [0.2, 0.25) is 0 Å². The molecule has 7 heteroatoms. The van der Waals surface area contributed by atoms with Crippen molar-refractivity contribution in [3.05, 3.63) is 35.4 Å². The summed E-state index contributed by atoms with van der Waals surface area (Å²) in [6, 6.07) is 8.01. The minimum Gasteiger partial charge on any atom is -0.380 e. The van der Waals surface area contributed by atoms with E-state index in [9.17, 15) is 23.1 Å². The molecule has 0 aliphatic carbocycles. The van der Waals surface area contributed by atoms with Crippen LogP contribution < -0.4 is 0 Å². The quantitative estimate of drug-likeness (QED) is 0.863. The van der Waals surface area contributed by atoms with Gasteiger partial charge in [-0.05, 0) is 12.1 Å². The summed E-state index contributed by atoms with van der Waals surface area (Å²) in [6.45, 7) is -0.400. The number of rotatable bonds is 1. The Hall–Kier alpha value is -2.07. The number of carbonyl (C=O) groups excluding carboxylic acids is 1. The molecule has 1 fully saturated rings. The second-order valence-electron chi connectivity index (χ2n) is 4.98. The Balaban J connectivity index is 2.13. The first-order valence-corrected chi connectivity index (χ1v) is 6.36. The van der Waals surface area contributed by atoms with Gasteiger partial charge in [0.2, 0.25) is 0 Å². The van der Waals surface area contributed by atoms with Crippen molar-refractivity contribution in [1.82, 2.24) is 4.90 Å². The Morgan fingerprint density at radius 2 is 1.86 bits per heavy atom. The number of aliphatic hydroxyl groups is 1. The third-order valence-corrected chi connectivity index (χ3v) is 3.68. The lowest BCUT2D eigenvalue weighted by Crippen LogP contribution is -2.54. The molecule has 0 spiro atoms. The van der Waals surface area contributed by atoms with Crippen LogP contribution in [0.3, 0.4) is 0 Å². The third-order valence-electron chi connectivity index (χ3n) is 3.68. The third kappa shape index (κ3) is 2.85. The Kier molecular flexibility index (Phi) is 3.92. The lowest BCUT2D eigenvalue weighted by molar-refractivity contribution is -0.271. The molecule has 1 aliphatic rings. The molecule has 0 bridgehead atoms. The number of hydrogen-bond acceptors (Lipinski definition) is 3. The molecule has 0 saturated carbocycles. The summed E-state index contributed by atoms with van der Waals surface area (Å²) in [5.74, 6) is -0.489. The first kappa shape index (κ1) is 15.3. The standard InChI is InChI=1S/C14H13F3N2O2/c15-14(16,17)13(21)5-7-19(8-6-13)12(20)11-4-2-1-3-10(11)9-18/h1-4,21H,5-8H2. The van der Waals surface area contributed by atoms with Crippen molar-refractivity contribution in [2.24, 2.45) is 0 Å². The lowest BCUT2D eigenvalue weighted by Gasteiger charge is -2.39. The highest BCUT2D eigenvalue weighted by molar-refractivity contribution is 5.96. The molecule has 4 nitrogen and oxygen atoms in total. The average Bonchev–Trinajstić information content (AvgIpc) is 2.46. The number of alkyl halides is 3. The minimum absolute atomic E-state index is 0.164. The molecule has 1 aromatic carbocycles. The van der Waals surface area contributed by atoms with Gasteiger partial charge < -0.3 is 10.0 Å². The lowest BCUT2D eigenvalue weighted by atomic mass is 9.90. The highest BCUT2D eigenvalue weighted by Gasteiger charge is 2.54. The molecule has 112 valence electrons. The molecule has 0 aromatic heterocycles. The van der Waals surface area contributed by atoms with Crippen molar-refractivity contribution in [1.29, 1.82) is 5.26 Å². The van der Waals surface area contributed by atoms with E-state index in [0.717, 1.165) is 0 Å². The van der Waals surface area contributed by atoms with Gasteiger partial charge in [0.15, 0.2) is 5.60 Å². The number of carbonyl (C=O) groups is 1. The number of likely N-dealkylation sites (tertiary alicyclic amines) is 1. The minimum atomic E-state index is -4.70. The average molecular weight is 298 g/mol. The zero-order valence-corrected chi connectivity index (χ0v) is 11.0. The van der Waals surface area contributed by atoms with Crippen LogP contribution in [-0.4, -0.2) is 40.8 Å². The maximum atomic E-state index is 12.7. The molecule has 1 aromatic rings. The van der Waals surface area contributed by atoms with E-state index < -0.39 is 30.5 Å². The predicted molar refractivity (Wildman–Crippen MR) is 67.3 cm³/mol. The number of benzene rings is 1. The fraction of sp³-hybridized carbons (Fsp3) is 0.429. The molecular weight excluding hydrogens is 285 g/mol. The molecule has 1 amide bonds. The Morgan fingerprint density at radius 1 is 1.29 bits per heavy atom. The molecule has 0 unspecified atom stereocenters. The van der Waals surface area contributed by atoms with E-state index in [2.05, 4.69) is 0 Å². The topological polar surface area (TPSA) is 64.3 Å². The molecule has 1 aliphatic heterocycles. The van der Waals surface area contributed by atoms with Gasteiger partial charge in [0.25, 0.3) is 5.91 Å². The molecular formula is C14H13F3N2O2. The molecule has 1 heterocycles. The van der Waals surface area contributed by atoms with Gasteiger partial charge in [-0.15, -0.1) is 0 Å². The number of halogens is 3. The van der Waals surface area contributed by atoms with Crippen LogP contribution in [0.4, 0.5) is 13.2 Å². The number of hydrogen-bond donors (Lipinski definition) is 1. The summed E-state index contributed by atoms with van der Waals surface area (Å²) < 4.78 is 38.1. The van der Waals surface area contributed by atoms with Crippen LogP contribution in [0.15, 0.2) is 24.3 Å². The normalized spacial score (nSPS) is 18.1. The fourth-order valence-electron chi connectivity index (χ4n) is 2.30. The molecule has 2 rings (SSSR count). The molecule has 0 atom stereocenters. The second-order valence-corrected chi connectivity index (χ2v) is 4.98. The van der Waals surface area contributed by atoms with Crippen molar-refractivity contribution in [3.63, 3.8) is 0 Å².